The van der Waals surface area contributed by atoms with Gasteiger partial charge in [0.1, 0.15) is 11.2 Å². The molecule has 0 saturated heterocycles. The first-order valence-electron chi connectivity index (χ1n) is 11.6. The highest BCUT2D eigenvalue weighted by atomic mass is 35.5. The van der Waals surface area contributed by atoms with E-state index in [0.717, 1.165) is 17.8 Å². The van der Waals surface area contributed by atoms with Crippen LogP contribution in [0.25, 0.3) is 10.9 Å². The number of methoxy groups -OCH3 is 1. The van der Waals surface area contributed by atoms with Gasteiger partial charge in [-0.2, -0.15) is 13.2 Å². The number of alkyl halides is 3. The Morgan fingerprint density at radius 3 is 2.34 bits per heavy atom. The molecule has 2 N–H and O–H groups in total. The molecule has 194 valence electrons. The van der Waals surface area contributed by atoms with Crippen LogP contribution in [0.1, 0.15) is 33.6 Å². The molecule has 0 aliphatic rings. The van der Waals surface area contributed by atoms with Gasteiger partial charge in [-0.05, 0) is 29.3 Å². The minimum absolute atomic E-state index is 0.357. The summed E-state index contributed by atoms with van der Waals surface area (Å²) in [4.78, 5) is 12.5. The minimum Gasteiger partial charge on any atom is -0.481 e. The van der Waals surface area contributed by atoms with Crippen molar-refractivity contribution in [1.82, 2.24) is 19.5 Å². The zero-order chi connectivity index (χ0) is 27.1. The highest BCUT2D eigenvalue weighted by Crippen LogP contribution is 2.39. The lowest BCUT2D eigenvalue weighted by Crippen LogP contribution is -2.41. The standard InChI is InChI=1S/C28H23ClF3N5O/c1-37-16-34-15-24(37)27(33,19-9-11-23(35-14-19)28(30,31)32)18-8-10-22-20(13-18)25(29)21(26(36-22)38-2)12-17-6-4-3-5-7-17/h3-11,13-16H,12,33H2,1-2H3. The molecule has 3 aromatic heterocycles. The molecule has 0 bridgehead atoms. The second kappa shape index (κ2) is 9.74. The Morgan fingerprint density at radius 2 is 1.74 bits per heavy atom. The lowest BCUT2D eigenvalue weighted by molar-refractivity contribution is -0.141. The molecule has 0 amide bonds. The van der Waals surface area contributed by atoms with Crippen LogP contribution < -0.4 is 10.5 Å². The Morgan fingerprint density at radius 1 is 1.00 bits per heavy atom. The van der Waals surface area contributed by atoms with E-state index in [0.29, 0.717) is 50.6 Å². The molecule has 5 rings (SSSR count). The van der Waals surface area contributed by atoms with E-state index in [2.05, 4.69) is 15.0 Å². The molecule has 5 aromatic rings. The number of aryl methyl sites for hydroxylation is 1. The zero-order valence-corrected chi connectivity index (χ0v) is 21.3. The second-order valence-electron chi connectivity index (χ2n) is 8.94. The van der Waals surface area contributed by atoms with Crippen LogP contribution in [-0.2, 0) is 25.2 Å². The smallest absolute Gasteiger partial charge is 0.433 e. The Balaban J connectivity index is 1.70. The highest BCUT2D eigenvalue weighted by molar-refractivity contribution is 6.36. The molecule has 0 aliphatic heterocycles. The minimum atomic E-state index is -4.57. The van der Waals surface area contributed by atoms with E-state index in [4.69, 9.17) is 22.1 Å². The number of benzene rings is 2. The van der Waals surface area contributed by atoms with Crippen LogP contribution in [0.2, 0.25) is 5.02 Å². The van der Waals surface area contributed by atoms with Gasteiger partial charge in [0.05, 0.1) is 35.9 Å². The molecule has 1 unspecified atom stereocenters. The van der Waals surface area contributed by atoms with Crippen molar-refractivity contribution < 1.29 is 17.9 Å². The molecule has 1 atom stereocenters. The number of halogens is 4. The SMILES string of the molecule is COc1nc2ccc(C(N)(c3ccc(C(F)(F)F)nc3)c3cncn3C)cc2c(Cl)c1Cc1ccccc1. The van der Waals surface area contributed by atoms with E-state index >= 15 is 0 Å². The number of nitrogens with two attached hydrogens (primary N) is 1. The fourth-order valence-electron chi connectivity index (χ4n) is 4.60. The number of ether oxygens (including phenoxy) is 1. The van der Waals surface area contributed by atoms with E-state index in [-0.39, 0.29) is 0 Å². The number of pyridine rings is 2. The maximum atomic E-state index is 13.2. The molecule has 38 heavy (non-hydrogen) atoms. The number of nitrogens with zero attached hydrogens (tertiary/aromatic N) is 4. The quantitative estimate of drug-likeness (QED) is 0.292. The average molecular weight is 538 g/mol. The Labute approximate surface area is 221 Å². The Bertz CT molecular complexity index is 1600. The molecule has 2 aromatic carbocycles. The zero-order valence-electron chi connectivity index (χ0n) is 20.5. The van der Waals surface area contributed by atoms with Gasteiger partial charge in [-0.15, -0.1) is 0 Å². The molecule has 6 nitrogen and oxygen atoms in total. The maximum Gasteiger partial charge on any atom is 0.433 e. The van der Waals surface area contributed by atoms with Crippen molar-refractivity contribution in [3.05, 3.63) is 118 Å². The number of imidazole rings is 1. The fourth-order valence-corrected chi connectivity index (χ4v) is 4.90. The third-order valence-electron chi connectivity index (χ3n) is 6.58. The summed E-state index contributed by atoms with van der Waals surface area (Å²) < 4.78 is 46.9. The number of hydrogen-bond acceptors (Lipinski definition) is 5. The van der Waals surface area contributed by atoms with Crippen LogP contribution in [0.5, 0.6) is 5.88 Å². The van der Waals surface area contributed by atoms with E-state index in [1.165, 1.54) is 13.2 Å². The van der Waals surface area contributed by atoms with E-state index < -0.39 is 17.4 Å². The number of aromatic nitrogens is 4. The summed E-state index contributed by atoms with van der Waals surface area (Å²) in [5.41, 5.74) is 8.49. The normalized spacial score (nSPS) is 13.4. The summed E-state index contributed by atoms with van der Waals surface area (Å²) in [7, 11) is 3.30. The predicted octanol–water partition coefficient (Wildman–Crippen LogP) is 5.89. The highest BCUT2D eigenvalue weighted by Gasteiger charge is 2.38. The van der Waals surface area contributed by atoms with Gasteiger partial charge >= 0.3 is 6.18 Å². The van der Waals surface area contributed by atoms with Crippen molar-refractivity contribution in [1.29, 1.82) is 0 Å². The van der Waals surface area contributed by atoms with Crippen LogP contribution in [0.4, 0.5) is 13.2 Å². The van der Waals surface area contributed by atoms with Gasteiger partial charge < -0.3 is 15.0 Å². The van der Waals surface area contributed by atoms with Crippen LogP contribution in [-0.4, -0.2) is 26.6 Å². The first-order chi connectivity index (χ1) is 18.1. The second-order valence-corrected chi connectivity index (χ2v) is 9.31. The first kappa shape index (κ1) is 25.7. The number of hydrogen-bond donors (Lipinski definition) is 1. The van der Waals surface area contributed by atoms with Crippen LogP contribution in [0.15, 0.2) is 79.4 Å². The predicted molar refractivity (Wildman–Crippen MR) is 139 cm³/mol. The van der Waals surface area contributed by atoms with Gasteiger partial charge in [-0.3, -0.25) is 4.98 Å². The Kier molecular flexibility index (Phi) is 6.58. The Hall–Kier alpha value is -3.95. The fraction of sp³-hybridized carbons (Fsp3) is 0.179. The van der Waals surface area contributed by atoms with Crippen LogP contribution in [0, 0.1) is 0 Å². The molecule has 0 radical (unpaired) electrons. The third-order valence-corrected chi connectivity index (χ3v) is 7.01. The molecule has 10 heteroatoms. The van der Waals surface area contributed by atoms with Crippen molar-refractivity contribution in [2.75, 3.05) is 7.11 Å². The summed E-state index contributed by atoms with van der Waals surface area (Å²) in [5.74, 6) is 0.414. The van der Waals surface area contributed by atoms with Gasteiger partial charge in [0, 0.05) is 36.2 Å². The maximum absolute atomic E-state index is 13.2. The third kappa shape index (κ3) is 4.48. The topological polar surface area (TPSA) is 78.8 Å². The van der Waals surface area contributed by atoms with Gasteiger partial charge in [-0.25, -0.2) is 9.97 Å². The number of rotatable bonds is 6. The lowest BCUT2D eigenvalue weighted by Gasteiger charge is -2.31. The van der Waals surface area contributed by atoms with Crippen molar-refractivity contribution in [2.24, 2.45) is 12.8 Å². The van der Waals surface area contributed by atoms with Crippen molar-refractivity contribution in [3.63, 3.8) is 0 Å². The molecular weight excluding hydrogens is 515 g/mol. The van der Waals surface area contributed by atoms with E-state index in [1.54, 1.807) is 36.3 Å². The van der Waals surface area contributed by atoms with Crippen molar-refractivity contribution >= 4 is 22.5 Å². The molecule has 0 aliphatic carbocycles. The molecular formula is C28H23ClF3N5O. The summed E-state index contributed by atoms with van der Waals surface area (Å²) in [6, 6.07) is 17.4. The summed E-state index contributed by atoms with van der Waals surface area (Å²) in [6.45, 7) is 0. The van der Waals surface area contributed by atoms with Crippen LogP contribution >= 0.6 is 11.6 Å². The van der Waals surface area contributed by atoms with Gasteiger partial charge in [-0.1, -0.05) is 54.1 Å². The molecule has 0 saturated carbocycles. The molecule has 0 fully saturated rings. The van der Waals surface area contributed by atoms with Gasteiger partial charge in [0.25, 0.3) is 0 Å². The average Bonchev–Trinajstić information content (AvgIpc) is 3.36. The van der Waals surface area contributed by atoms with Gasteiger partial charge in [0.2, 0.25) is 5.88 Å². The van der Waals surface area contributed by atoms with E-state index in [1.807, 2.05) is 36.4 Å². The van der Waals surface area contributed by atoms with Crippen molar-refractivity contribution in [3.8, 4) is 5.88 Å². The lowest BCUT2D eigenvalue weighted by atomic mass is 9.81. The van der Waals surface area contributed by atoms with Crippen molar-refractivity contribution in [2.45, 2.75) is 18.1 Å². The summed E-state index contributed by atoms with van der Waals surface area (Å²) in [5, 5.41) is 1.09. The van der Waals surface area contributed by atoms with E-state index in [9.17, 15) is 13.2 Å². The number of fused-ring (bicyclic) bond motifs is 1. The monoisotopic (exact) mass is 537 g/mol. The largest absolute Gasteiger partial charge is 0.481 e. The summed E-state index contributed by atoms with van der Waals surface area (Å²) >= 11 is 6.95. The van der Waals surface area contributed by atoms with Gasteiger partial charge in [0.15, 0.2) is 0 Å². The first-order valence-corrected chi connectivity index (χ1v) is 12.0. The molecule has 3 heterocycles. The molecule has 0 spiro atoms. The summed E-state index contributed by atoms with van der Waals surface area (Å²) in [6.07, 6.45) is 0.227. The van der Waals surface area contributed by atoms with Crippen LogP contribution in [0.3, 0.4) is 0 Å².